The van der Waals surface area contributed by atoms with Crippen molar-refractivity contribution in [3.8, 4) is 0 Å². The summed E-state index contributed by atoms with van der Waals surface area (Å²) in [6, 6.07) is 9.87. The number of amides is 1. The Balaban J connectivity index is 1.82. The molecule has 0 unspecified atom stereocenters. The Bertz CT molecular complexity index is 962. The first kappa shape index (κ1) is 16.7. The third-order valence-corrected chi connectivity index (χ3v) is 4.07. The number of nitro benzene ring substituents is 1. The van der Waals surface area contributed by atoms with E-state index in [1.807, 2.05) is 13.0 Å². The molecule has 0 radical (unpaired) electrons. The second-order valence-electron chi connectivity index (χ2n) is 5.83. The van der Waals surface area contributed by atoms with Gasteiger partial charge in [-0.05, 0) is 35.7 Å². The third-order valence-electron chi connectivity index (χ3n) is 4.07. The number of aliphatic hydroxyl groups is 1. The number of nitrogens with one attached hydrogen (secondary N) is 2. The number of hydrogen-bond acceptors (Lipinski definition) is 4. The van der Waals surface area contributed by atoms with Crippen LogP contribution in [-0.2, 0) is 17.8 Å². The number of nitro groups is 1. The number of hydrogen-bond donors (Lipinski definition) is 3. The number of non-ortho nitro benzene ring substituents is 1. The van der Waals surface area contributed by atoms with E-state index in [0.717, 1.165) is 11.1 Å². The molecule has 0 aliphatic rings. The van der Waals surface area contributed by atoms with Gasteiger partial charge in [0.15, 0.2) is 0 Å². The molecule has 0 saturated carbocycles. The zero-order valence-electron chi connectivity index (χ0n) is 13.6. The zero-order valence-corrected chi connectivity index (χ0v) is 13.6. The molecular weight excluding hydrogens is 322 g/mol. The minimum atomic E-state index is -0.458. The van der Waals surface area contributed by atoms with Crippen molar-refractivity contribution in [3.05, 3.63) is 69.4 Å². The Morgan fingerprint density at radius 2 is 2.08 bits per heavy atom. The van der Waals surface area contributed by atoms with E-state index < -0.39 is 4.92 Å². The maximum absolute atomic E-state index is 12.4. The van der Waals surface area contributed by atoms with E-state index in [2.05, 4.69) is 10.3 Å². The van der Waals surface area contributed by atoms with Crippen LogP contribution in [0.4, 0.5) is 11.4 Å². The van der Waals surface area contributed by atoms with Gasteiger partial charge in [0.2, 0.25) is 5.91 Å². The number of carbonyl (C=O) groups is 1. The van der Waals surface area contributed by atoms with E-state index in [4.69, 9.17) is 0 Å². The van der Waals surface area contributed by atoms with E-state index in [0.29, 0.717) is 22.2 Å². The molecule has 3 rings (SSSR count). The molecule has 0 saturated heterocycles. The fourth-order valence-corrected chi connectivity index (χ4v) is 2.70. The monoisotopic (exact) mass is 339 g/mol. The summed E-state index contributed by atoms with van der Waals surface area (Å²) in [5, 5.41) is 23.6. The van der Waals surface area contributed by atoms with Crippen molar-refractivity contribution in [2.24, 2.45) is 0 Å². The Morgan fingerprint density at radius 1 is 1.28 bits per heavy atom. The highest BCUT2D eigenvalue weighted by atomic mass is 16.6. The molecule has 0 bridgehead atoms. The molecule has 0 aliphatic carbocycles. The first-order valence-corrected chi connectivity index (χ1v) is 7.72. The van der Waals surface area contributed by atoms with Crippen molar-refractivity contribution >= 4 is 28.2 Å². The van der Waals surface area contributed by atoms with Crippen molar-refractivity contribution in [3.63, 3.8) is 0 Å². The molecule has 2 aromatic carbocycles. The largest absolute Gasteiger partial charge is 0.392 e. The first-order valence-electron chi connectivity index (χ1n) is 7.72. The molecule has 7 heteroatoms. The first-order chi connectivity index (χ1) is 12.0. The van der Waals surface area contributed by atoms with Crippen LogP contribution in [0.1, 0.15) is 16.7 Å². The van der Waals surface area contributed by atoms with Gasteiger partial charge in [0.1, 0.15) is 0 Å². The minimum Gasteiger partial charge on any atom is -0.392 e. The Hall–Kier alpha value is -3.19. The van der Waals surface area contributed by atoms with E-state index in [1.54, 1.807) is 24.4 Å². The van der Waals surface area contributed by atoms with E-state index >= 15 is 0 Å². The highest BCUT2D eigenvalue weighted by Gasteiger charge is 2.13. The molecule has 1 amide bonds. The van der Waals surface area contributed by atoms with Crippen LogP contribution in [0.5, 0.6) is 0 Å². The number of rotatable bonds is 5. The molecule has 0 aliphatic heterocycles. The van der Waals surface area contributed by atoms with Crippen LogP contribution in [0.3, 0.4) is 0 Å². The number of aromatic nitrogens is 1. The van der Waals surface area contributed by atoms with Crippen molar-refractivity contribution in [1.29, 1.82) is 0 Å². The van der Waals surface area contributed by atoms with Crippen LogP contribution in [0, 0.1) is 17.0 Å². The standard InChI is InChI=1S/C18H17N3O4/c1-11-2-3-12(10-22)6-17(11)20-18(23)7-13-9-19-16-5-4-14(21(24)25)8-15(13)16/h2-6,8-9,19,22H,7,10H2,1H3,(H,20,23). The van der Waals surface area contributed by atoms with Gasteiger partial charge in [0.05, 0.1) is 18.0 Å². The summed E-state index contributed by atoms with van der Waals surface area (Å²) >= 11 is 0. The van der Waals surface area contributed by atoms with Crippen LogP contribution in [0.25, 0.3) is 10.9 Å². The highest BCUT2D eigenvalue weighted by Crippen LogP contribution is 2.24. The van der Waals surface area contributed by atoms with Gasteiger partial charge in [-0.3, -0.25) is 14.9 Å². The summed E-state index contributed by atoms with van der Waals surface area (Å²) < 4.78 is 0. The Labute approximate surface area is 143 Å². The zero-order chi connectivity index (χ0) is 18.0. The number of aliphatic hydroxyl groups excluding tert-OH is 1. The van der Waals surface area contributed by atoms with E-state index in [1.165, 1.54) is 12.1 Å². The number of benzene rings is 2. The lowest BCUT2D eigenvalue weighted by molar-refractivity contribution is -0.384. The molecule has 1 heterocycles. The van der Waals surface area contributed by atoms with Crippen LogP contribution in [-0.4, -0.2) is 20.9 Å². The summed E-state index contributed by atoms with van der Waals surface area (Å²) in [5.74, 6) is -0.231. The van der Waals surface area contributed by atoms with Gasteiger partial charge < -0.3 is 15.4 Å². The molecule has 3 aromatic rings. The van der Waals surface area contributed by atoms with Crippen LogP contribution < -0.4 is 5.32 Å². The number of aryl methyl sites for hydroxylation is 1. The van der Waals surface area contributed by atoms with Gasteiger partial charge in [0.25, 0.3) is 5.69 Å². The summed E-state index contributed by atoms with van der Waals surface area (Å²) in [4.78, 5) is 25.9. The molecule has 0 spiro atoms. The van der Waals surface area contributed by atoms with Crippen LogP contribution in [0.2, 0.25) is 0 Å². The van der Waals surface area contributed by atoms with E-state index in [9.17, 15) is 20.0 Å². The second-order valence-corrected chi connectivity index (χ2v) is 5.83. The normalized spacial score (nSPS) is 10.8. The molecule has 128 valence electrons. The maximum atomic E-state index is 12.4. The molecule has 25 heavy (non-hydrogen) atoms. The summed E-state index contributed by atoms with van der Waals surface area (Å²) in [6.07, 6.45) is 1.77. The quantitative estimate of drug-likeness (QED) is 0.490. The topological polar surface area (TPSA) is 108 Å². The van der Waals surface area contributed by atoms with Gasteiger partial charge in [-0.1, -0.05) is 12.1 Å². The number of nitrogens with zero attached hydrogens (tertiary/aromatic N) is 1. The number of H-pyrrole nitrogens is 1. The van der Waals surface area contributed by atoms with Crippen molar-refractivity contribution in [2.75, 3.05) is 5.32 Å². The van der Waals surface area contributed by atoms with Crippen LogP contribution >= 0.6 is 0 Å². The number of carbonyl (C=O) groups excluding carboxylic acids is 1. The van der Waals surface area contributed by atoms with Crippen LogP contribution in [0.15, 0.2) is 42.6 Å². The SMILES string of the molecule is Cc1ccc(CO)cc1NC(=O)Cc1c[nH]c2ccc([N+](=O)[O-])cc12. The lowest BCUT2D eigenvalue weighted by Crippen LogP contribution is -2.15. The summed E-state index contributed by atoms with van der Waals surface area (Å²) in [5.41, 5.74) is 3.66. The predicted molar refractivity (Wildman–Crippen MR) is 94.4 cm³/mol. The highest BCUT2D eigenvalue weighted by molar-refractivity contribution is 5.96. The maximum Gasteiger partial charge on any atom is 0.270 e. The van der Waals surface area contributed by atoms with Gasteiger partial charge in [0, 0.05) is 34.9 Å². The van der Waals surface area contributed by atoms with E-state index in [-0.39, 0.29) is 24.6 Å². The lowest BCUT2D eigenvalue weighted by Gasteiger charge is -2.09. The molecular formula is C18H17N3O4. The number of fused-ring (bicyclic) bond motifs is 1. The Kier molecular flexibility index (Phi) is 4.49. The summed E-state index contributed by atoms with van der Waals surface area (Å²) in [6.45, 7) is 1.76. The van der Waals surface area contributed by atoms with Gasteiger partial charge in [-0.2, -0.15) is 0 Å². The fourth-order valence-electron chi connectivity index (χ4n) is 2.70. The average molecular weight is 339 g/mol. The molecule has 3 N–H and O–H groups in total. The molecule has 0 fully saturated rings. The lowest BCUT2D eigenvalue weighted by atomic mass is 10.1. The summed E-state index contributed by atoms with van der Waals surface area (Å²) in [7, 11) is 0. The predicted octanol–water partition coefficient (Wildman–Crippen LogP) is 3.06. The minimum absolute atomic E-state index is 0.0137. The Morgan fingerprint density at radius 3 is 2.80 bits per heavy atom. The molecule has 1 aromatic heterocycles. The van der Waals surface area contributed by atoms with Gasteiger partial charge in [-0.25, -0.2) is 0 Å². The number of aromatic amines is 1. The average Bonchev–Trinajstić information content (AvgIpc) is 2.99. The van der Waals surface area contributed by atoms with Crippen molar-refractivity contribution in [2.45, 2.75) is 20.0 Å². The van der Waals surface area contributed by atoms with Gasteiger partial charge in [-0.15, -0.1) is 0 Å². The molecule has 0 atom stereocenters. The molecule has 7 nitrogen and oxygen atoms in total. The second kappa shape index (κ2) is 6.74. The smallest absolute Gasteiger partial charge is 0.270 e. The van der Waals surface area contributed by atoms with Crippen molar-refractivity contribution < 1.29 is 14.8 Å². The van der Waals surface area contributed by atoms with Gasteiger partial charge >= 0.3 is 0 Å². The van der Waals surface area contributed by atoms with Crippen molar-refractivity contribution in [1.82, 2.24) is 4.98 Å². The number of anilines is 1. The third kappa shape index (κ3) is 3.51. The fraction of sp³-hybridized carbons (Fsp3) is 0.167.